The Morgan fingerprint density at radius 3 is 3.04 bits per heavy atom. The van der Waals surface area contributed by atoms with E-state index in [-0.39, 0.29) is 24.3 Å². The van der Waals surface area contributed by atoms with Crippen LogP contribution >= 0.6 is 22.7 Å². The first-order chi connectivity index (χ1) is 11.2. The smallest absolute Gasteiger partial charge is 0.267 e. The molecule has 23 heavy (non-hydrogen) atoms. The molecule has 0 bridgehead atoms. The van der Waals surface area contributed by atoms with Gasteiger partial charge in [0.2, 0.25) is 5.91 Å². The summed E-state index contributed by atoms with van der Waals surface area (Å²) in [7, 11) is 0. The fraction of sp³-hybridized carbons (Fsp3) is 0.400. The maximum Gasteiger partial charge on any atom is 0.267 e. The summed E-state index contributed by atoms with van der Waals surface area (Å²) in [6.07, 6.45) is 2.33. The molecule has 0 unspecified atom stereocenters. The first kappa shape index (κ1) is 16.1. The number of amides is 2. The lowest BCUT2D eigenvalue weighted by Gasteiger charge is -2.23. The molecule has 3 N–H and O–H groups in total. The van der Waals surface area contributed by atoms with E-state index in [4.69, 9.17) is 0 Å². The van der Waals surface area contributed by atoms with Crippen LogP contribution in [0.1, 0.15) is 28.2 Å². The highest BCUT2D eigenvalue weighted by molar-refractivity contribution is 7.14. The van der Waals surface area contributed by atoms with Crippen LogP contribution < -0.4 is 16.0 Å². The van der Waals surface area contributed by atoms with Gasteiger partial charge in [0, 0.05) is 18.0 Å². The molecule has 0 radical (unpaired) electrons. The topological polar surface area (TPSA) is 83.1 Å². The number of hydrogen-bond donors (Lipinski definition) is 3. The zero-order valence-electron chi connectivity index (χ0n) is 12.5. The van der Waals surface area contributed by atoms with Crippen LogP contribution in [0.4, 0.5) is 5.13 Å². The van der Waals surface area contributed by atoms with Crippen LogP contribution in [0.5, 0.6) is 0 Å². The van der Waals surface area contributed by atoms with Crippen LogP contribution in [0.2, 0.25) is 0 Å². The minimum absolute atomic E-state index is 0.0277. The first-order valence-electron chi connectivity index (χ1n) is 7.50. The molecule has 2 aromatic heterocycles. The second-order valence-corrected chi connectivity index (χ2v) is 7.17. The molecular formula is C15H18N4O2S2. The Bertz CT molecular complexity index is 663. The van der Waals surface area contributed by atoms with Gasteiger partial charge in [0.1, 0.15) is 0 Å². The predicted octanol–water partition coefficient (Wildman–Crippen LogP) is 1.87. The number of anilines is 1. The lowest BCUT2D eigenvalue weighted by atomic mass is 10.1. The molecule has 8 heteroatoms. The van der Waals surface area contributed by atoms with Gasteiger partial charge in [0.25, 0.3) is 5.91 Å². The normalized spacial score (nSPS) is 17.7. The van der Waals surface area contributed by atoms with Gasteiger partial charge in [-0.05, 0) is 30.8 Å². The number of rotatable bonds is 5. The number of thiazole rings is 1. The molecule has 2 amide bonds. The van der Waals surface area contributed by atoms with Crippen molar-refractivity contribution in [1.29, 1.82) is 0 Å². The van der Waals surface area contributed by atoms with Gasteiger partial charge >= 0.3 is 0 Å². The minimum Gasteiger partial charge on any atom is -0.352 e. The Labute approximate surface area is 142 Å². The van der Waals surface area contributed by atoms with Gasteiger partial charge in [-0.1, -0.05) is 6.07 Å². The number of thiophene rings is 1. The summed E-state index contributed by atoms with van der Waals surface area (Å²) >= 11 is 2.71. The van der Waals surface area contributed by atoms with Gasteiger partial charge in [-0.15, -0.1) is 22.7 Å². The lowest BCUT2D eigenvalue weighted by Crippen LogP contribution is -2.46. The Kier molecular flexibility index (Phi) is 5.37. The number of nitrogens with one attached hydrogen (secondary N) is 3. The van der Waals surface area contributed by atoms with Crippen molar-refractivity contribution in [3.63, 3.8) is 0 Å². The summed E-state index contributed by atoms with van der Waals surface area (Å²) in [5, 5.41) is 13.2. The number of carbonyl (C=O) groups is 2. The van der Waals surface area contributed by atoms with Crippen LogP contribution in [0.25, 0.3) is 0 Å². The predicted molar refractivity (Wildman–Crippen MR) is 92.1 cm³/mol. The van der Waals surface area contributed by atoms with Crippen molar-refractivity contribution in [3.8, 4) is 0 Å². The molecule has 6 nitrogen and oxygen atoms in total. The van der Waals surface area contributed by atoms with Gasteiger partial charge in [0.15, 0.2) is 5.13 Å². The standard InChI is InChI=1S/C15H18N4O2S2/c20-13(17-10-3-1-5-16-8-10)7-11-9-23-15(18-11)19-14(21)12-4-2-6-22-12/h2,4,6,9-10,16H,1,3,5,7-8H2,(H,17,20)(H,18,19,21)/t10-/m0/s1. The van der Waals surface area contributed by atoms with Gasteiger partial charge in [-0.3, -0.25) is 14.9 Å². The second-order valence-electron chi connectivity index (χ2n) is 5.36. The third-order valence-electron chi connectivity index (χ3n) is 3.52. The lowest BCUT2D eigenvalue weighted by molar-refractivity contribution is -0.121. The number of piperidine rings is 1. The fourth-order valence-corrected chi connectivity index (χ4v) is 3.75. The van der Waals surface area contributed by atoms with E-state index < -0.39 is 0 Å². The summed E-state index contributed by atoms with van der Waals surface area (Å²) < 4.78 is 0. The second kappa shape index (κ2) is 7.67. The molecule has 1 atom stereocenters. The van der Waals surface area contributed by atoms with E-state index in [1.54, 1.807) is 6.07 Å². The van der Waals surface area contributed by atoms with Crippen molar-refractivity contribution in [2.24, 2.45) is 0 Å². The third kappa shape index (κ3) is 4.60. The molecule has 0 aliphatic carbocycles. The highest BCUT2D eigenvalue weighted by Gasteiger charge is 2.16. The number of aromatic nitrogens is 1. The van der Waals surface area contributed by atoms with Crippen molar-refractivity contribution in [2.75, 3.05) is 18.4 Å². The molecule has 3 rings (SSSR count). The van der Waals surface area contributed by atoms with Crippen molar-refractivity contribution < 1.29 is 9.59 Å². The average Bonchev–Trinajstić information content (AvgIpc) is 3.20. The molecule has 1 aliphatic rings. The van der Waals surface area contributed by atoms with Gasteiger partial charge in [0.05, 0.1) is 17.0 Å². The van der Waals surface area contributed by atoms with Gasteiger partial charge in [-0.2, -0.15) is 0 Å². The largest absolute Gasteiger partial charge is 0.352 e. The van der Waals surface area contributed by atoms with Crippen LogP contribution in [-0.2, 0) is 11.2 Å². The van der Waals surface area contributed by atoms with Crippen LogP contribution in [0.3, 0.4) is 0 Å². The maximum atomic E-state index is 12.0. The van der Waals surface area contributed by atoms with Crippen molar-refractivity contribution >= 4 is 39.6 Å². The van der Waals surface area contributed by atoms with Gasteiger partial charge < -0.3 is 10.6 Å². The highest BCUT2D eigenvalue weighted by Crippen LogP contribution is 2.18. The van der Waals surface area contributed by atoms with Crippen LogP contribution in [-0.4, -0.2) is 35.9 Å². The Hall–Kier alpha value is -1.77. The molecular weight excluding hydrogens is 332 g/mol. The summed E-state index contributed by atoms with van der Waals surface area (Å²) in [4.78, 5) is 28.9. The molecule has 3 heterocycles. The molecule has 0 aromatic carbocycles. The molecule has 122 valence electrons. The Morgan fingerprint density at radius 1 is 1.39 bits per heavy atom. The SMILES string of the molecule is O=C(Cc1csc(NC(=O)c2cccs2)n1)N[C@H]1CCCNC1. The van der Waals surface area contributed by atoms with E-state index in [0.29, 0.717) is 15.7 Å². The average molecular weight is 350 g/mol. The van der Waals surface area contributed by atoms with Crippen molar-refractivity contribution in [2.45, 2.75) is 25.3 Å². The molecule has 2 aromatic rings. The summed E-state index contributed by atoms with van der Waals surface area (Å²) in [6, 6.07) is 3.80. The minimum atomic E-state index is -0.168. The monoisotopic (exact) mass is 350 g/mol. The first-order valence-corrected chi connectivity index (χ1v) is 9.26. The van der Waals surface area contributed by atoms with E-state index >= 15 is 0 Å². The van der Waals surface area contributed by atoms with E-state index in [9.17, 15) is 9.59 Å². The van der Waals surface area contributed by atoms with Crippen molar-refractivity contribution in [3.05, 3.63) is 33.5 Å². The molecule has 0 saturated carbocycles. The van der Waals surface area contributed by atoms with Crippen LogP contribution in [0, 0.1) is 0 Å². The van der Waals surface area contributed by atoms with Gasteiger partial charge in [-0.25, -0.2) is 4.98 Å². The Balaban J connectivity index is 1.50. The van der Waals surface area contributed by atoms with E-state index in [0.717, 1.165) is 25.9 Å². The fourth-order valence-electron chi connectivity index (χ4n) is 2.43. The Morgan fingerprint density at radius 2 is 2.30 bits per heavy atom. The van der Waals surface area contributed by atoms with E-state index in [1.165, 1.54) is 22.7 Å². The number of nitrogens with zero attached hydrogens (tertiary/aromatic N) is 1. The van der Waals surface area contributed by atoms with E-state index in [1.807, 2.05) is 16.8 Å². The molecule has 1 saturated heterocycles. The number of carbonyl (C=O) groups excluding carboxylic acids is 2. The summed E-state index contributed by atoms with van der Waals surface area (Å²) in [6.45, 7) is 1.84. The summed E-state index contributed by atoms with van der Waals surface area (Å²) in [5.41, 5.74) is 0.678. The third-order valence-corrected chi connectivity index (χ3v) is 5.20. The quantitative estimate of drug-likeness (QED) is 0.769. The van der Waals surface area contributed by atoms with E-state index in [2.05, 4.69) is 20.9 Å². The zero-order valence-corrected chi connectivity index (χ0v) is 14.1. The number of hydrogen-bond acceptors (Lipinski definition) is 6. The van der Waals surface area contributed by atoms with Crippen LogP contribution in [0.15, 0.2) is 22.9 Å². The highest BCUT2D eigenvalue weighted by atomic mass is 32.1. The maximum absolute atomic E-state index is 12.0. The van der Waals surface area contributed by atoms with Crippen molar-refractivity contribution in [1.82, 2.24) is 15.6 Å². The summed E-state index contributed by atoms with van der Waals surface area (Å²) in [5.74, 6) is -0.196. The zero-order chi connectivity index (χ0) is 16.1. The molecule has 1 aliphatic heterocycles. The molecule has 1 fully saturated rings. The molecule has 0 spiro atoms.